The van der Waals surface area contributed by atoms with Crippen molar-refractivity contribution < 1.29 is 8.42 Å². The van der Waals surface area contributed by atoms with E-state index < -0.39 is 10.0 Å². The number of amidine groups is 1. The van der Waals surface area contributed by atoms with Crippen LogP contribution in [0.1, 0.15) is 44.2 Å². The zero-order valence-electron chi connectivity index (χ0n) is 18.7. The van der Waals surface area contributed by atoms with Gasteiger partial charge in [0, 0.05) is 10.8 Å². The fourth-order valence-electron chi connectivity index (χ4n) is 3.81. The van der Waals surface area contributed by atoms with Gasteiger partial charge in [-0.25, -0.2) is 8.42 Å². The molecular weight excluding hydrogens is 438 g/mol. The van der Waals surface area contributed by atoms with Crippen molar-refractivity contribution in [2.24, 2.45) is 5.73 Å². The van der Waals surface area contributed by atoms with Gasteiger partial charge in [-0.05, 0) is 73.6 Å². The Hall–Kier alpha value is -2.77. The van der Waals surface area contributed by atoms with Gasteiger partial charge in [0.05, 0.1) is 10.6 Å². The minimum Gasteiger partial charge on any atom is -0.384 e. The second-order valence-electron chi connectivity index (χ2n) is 8.11. The van der Waals surface area contributed by atoms with Crippen LogP contribution in [0.5, 0.6) is 0 Å². The van der Waals surface area contributed by atoms with E-state index in [2.05, 4.69) is 4.72 Å². The van der Waals surface area contributed by atoms with Gasteiger partial charge in [0.25, 0.3) is 10.0 Å². The number of para-hydroxylation sites is 1. The van der Waals surface area contributed by atoms with Gasteiger partial charge < -0.3 is 5.73 Å². The van der Waals surface area contributed by atoms with Crippen LogP contribution in [0.15, 0.2) is 59.5 Å². The van der Waals surface area contributed by atoms with E-state index in [1.807, 2.05) is 64.1 Å². The molecular formula is C25H29N3O2S2. The molecule has 32 heavy (non-hydrogen) atoms. The van der Waals surface area contributed by atoms with Crippen LogP contribution < -0.4 is 10.5 Å². The van der Waals surface area contributed by atoms with Crippen molar-refractivity contribution in [1.82, 2.24) is 0 Å². The van der Waals surface area contributed by atoms with Crippen molar-refractivity contribution >= 4 is 34.2 Å². The van der Waals surface area contributed by atoms with Crippen LogP contribution in [0.4, 0.5) is 5.69 Å². The van der Waals surface area contributed by atoms with Crippen molar-refractivity contribution in [1.29, 1.82) is 5.41 Å². The molecule has 3 rings (SSSR count). The van der Waals surface area contributed by atoms with Gasteiger partial charge in [0.2, 0.25) is 0 Å². The van der Waals surface area contributed by atoms with Gasteiger partial charge in [-0.3, -0.25) is 10.1 Å². The first-order chi connectivity index (χ1) is 15.0. The number of nitrogen functional groups attached to an aromatic ring is 1. The Morgan fingerprint density at radius 1 is 1.00 bits per heavy atom. The molecule has 0 saturated heterocycles. The maximum absolute atomic E-state index is 13.4. The lowest BCUT2D eigenvalue weighted by atomic mass is 10.0. The molecule has 0 saturated carbocycles. The molecule has 0 aliphatic rings. The van der Waals surface area contributed by atoms with Crippen LogP contribution >= 0.6 is 12.6 Å². The first kappa shape index (κ1) is 23.9. The third-order valence-corrected chi connectivity index (χ3v) is 7.92. The van der Waals surface area contributed by atoms with Crippen LogP contribution in [-0.2, 0) is 16.4 Å². The van der Waals surface area contributed by atoms with Crippen LogP contribution in [-0.4, -0.2) is 14.3 Å². The first-order valence-electron chi connectivity index (χ1n) is 10.3. The van der Waals surface area contributed by atoms with Gasteiger partial charge in [-0.1, -0.05) is 48.5 Å². The molecule has 0 bridgehead atoms. The normalized spacial score (nSPS) is 12.4. The van der Waals surface area contributed by atoms with E-state index in [9.17, 15) is 8.42 Å². The lowest BCUT2D eigenvalue weighted by Gasteiger charge is -2.20. The molecule has 3 aromatic carbocycles. The topological polar surface area (TPSA) is 96.0 Å². The molecule has 3 aromatic rings. The Kier molecular flexibility index (Phi) is 7.00. The Morgan fingerprint density at radius 2 is 1.56 bits per heavy atom. The van der Waals surface area contributed by atoms with Gasteiger partial charge in [0.1, 0.15) is 5.84 Å². The summed E-state index contributed by atoms with van der Waals surface area (Å²) in [6.07, 6.45) is 0.599. The van der Waals surface area contributed by atoms with E-state index in [0.717, 1.165) is 33.4 Å². The number of sulfonamides is 1. The summed E-state index contributed by atoms with van der Waals surface area (Å²) in [5.41, 5.74) is 11.9. The van der Waals surface area contributed by atoms with E-state index in [1.165, 1.54) is 0 Å². The molecule has 0 amide bonds. The first-order valence-corrected chi connectivity index (χ1v) is 12.3. The van der Waals surface area contributed by atoms with Gasteiger partial charge in [-0.15, -0.1) is 0 Å². The van der Waals surface area contributed by atoms with Crippen LogP contribution in [0.3, 0.4) is 0 Å². The Labute approximate surface area is 196 Å². The van der Waals surface area contributed by atoms with Crippen LogP contribution in [0, 0.1) is 33.1 Å². The largest absolute Gasteiger partial charge is 0.384 e. The summed E-state index contributed by atoms with van der Waals surface area (Å²) in [5, 5.41) is 7.29. The Bertz CT molecular complexity index is 1240. The summed E-state index contributed by atoms with van der Waals surface area (Å²) in [6, 6.07) is 16.8. The van der Waals surface area contributed by atoms with Crippen molar-refractivity contribution in [3.05, 3.63) is 93.5 Å². The highest BCUT2D eigenvalue weighted by atomic mass is 32.2. The van der Waals surface area contributed by atoms with Crippen molar-refractivity contribution in [2.75, 3.05) is 4.72 Å². The fourth-order valence-corrected chi connectivity index (χ4v) is 5.96. The maximum atomic E-state index is 13.4. The number of rotatable bonds is 7. The molecule has 0 heterocycles. The van der Waals surface area contributed by atoms with Crippen LogP contribution in [0.25, 0.3) is 0 Å². The summed E-state index contributed by atoms with van der Waals surface area (Å²) < 4.78 is 29.6. The third kappa shape index (κ3) is 5.00. The second-order valence-corrected chi connectivity index (χ2v) is 10.4. The lowest BCUT2D eigenvalue weighted by Crippen LogP contribution is -2.18. The molecule has 0 aliphatic carbocycles. The number of nitrogens with two attached hydrogens (primary N) is 1. The summed E-state index contributed by atoms with van der Waals surface area (Å²) in [7, 11) is -3.79. The monoisotopic (exact) mass is 467 g/mol. The summed E-state index contributed by atoms with van der Waals surface area (Å²) in [4.78, 5) is 0.334. The zero-order chi connectivity index (χ0) is 23.6. The molecule has 1 atom stereocenters. The van der Waals surface area contributed by atoms with E-state index in [4.69, 9.17) is 23.8 Å². The van der Waals surface area contributed by atoms with Crippen LogP contribution in [0.2, 0.25) is 0 Å². The number of benzene rings is 3. The molecule has 0 spiro atoms. The number of nitrogens with one attached hydrogen (secondary N) is 2. The number of hydrogen-bond donors (Lipinski definition) is 4. The Morgan fingerprint density at radius 3 is 2.12 bits per heavy atom. The molecule has 0 aromatic heterocycles. The maximum Gasteiger partial charge on any atom is 0.262 e. The van der Waals surface area contributed by atoms with E-state index in [-0.39, 0.29) is 11.1 Å². The minimum absolute atomic E-state index is 0.0238. The smallest absolute Gasteiger partial charge is 0.262 e. The standard InChI is InChI=1S/C25H29N3O2S2/c1-15-13-16(2)18(4)24(17(15)3)32(29,30)28-22-8-6-5-7-21(22)23(31)14-19-9-11-20(12-10-19)25(26)27/h5-13,23,28,31H,14H2,1-4H3,(H3,26,27). The molecule has 0 fully saturated rings. The Balaban J connectivity index is 1.92. The summed E-state index contributed by atoms with van der Waals surface area (Å²) >= 11 is 4.78. The molecule has 5 nitrogen and oxygen atoms in total. The molecule has 0 radical (unpaired) electrons. The van der Waals surface area contributed by atoms with Crippen molar-refractivity contribution in [3.8, 4) is 0 Å². The highest BCUT2D eigenvalue weighted by Gasteiger charge is 2.24. The van der Waals surface area contributed by atoms with Gasteiger partial charge in [-0.2, -0.15) is 12.6 Å². The number of thiol groups is 1. The minimum atomic E-state index is -3.79. The number of anilines is 1. The quantitative estimate of drug-likeness (QED) is 0.218. The highest BCUT2D eigenvalue weighted by Crippen LogP contribution is 2.33. The molecule has 0 aliphatic heterocycles. The predicted octanol–water partition coefficient (Wildman–Crippen LogP) is 5.22. The van der Waals surface area contributed by atoms with E-state index in [1.54, 1.807) is 18.2 Å². The number of hydrogen-bond acceptors (Lipinski definition) is 4. The molecule has 168 valence electrons. The molecule has 4 N–H and O–H groups in total. The third-order valence-electron chi connectivity index (χ3n) is 5.82. The zero-order valence-corrected chi connectivity index (χ0v) is 20.4. The van der Waals surface area contributed by atoms with Crippen molar-refractivity contribution in [2.45, 2.75) is 44.3 Å². The second kappa shape index (κ2) is 9.38. The van der Waals surface area contributed by atoms with E-state index in [0.29, 0.717) is 22.6 Å². The van der Waals surface area contributed by atoms with Crippen molar-refractivity contribution in [3.63, 3.8) is 0 Å². The molecule has 1 unspecified atom stereocenters. The number of aryl methyl sites for hydroxylation is 2. The lowest BCUT2D eigenvalue weighted by molar-refractivity contribution is 0.599. The fraction of sp³-hybridized carbons (Fsp3) is 0.240. The van der Waals surface area contributed by atoms with E-state index >= 15 is 0 Å². The molecule has 7 heteroatoms. The predicted molar refractivity (Wildman–Crippen MR) is 136 cm³/mol. The average Bonchev–Trinajstić information content (AvgIpc) is 2.72. The summed E-state index contributed by atoms with van der Waals surface area (Å²) in [5.74, 6) is 0.0238. The average molecular weight is 468 g/mol. The van der Waals surface area contributed by atoms with Gasteiger partial charge in [0.15, 0.2) is 0 Å². The van der Waals surface area contributed by atoms with Gasteiger partial charge >= 0.3 is 0 Å². The highest BCUT2D eigenvalue weighted by molar-refractivity contribution is 7.92. The SMILES string of the molecule is Cc1cc(C)c(C)c(S(=O)(=O)Nc2ccccc2C(S)Cc2ccc(C(=N)N)cc2)c1C. The summed E-state index contributed by atoms with van der Waals surface area (Å²) in [6.45, 7) is 7.54.